The summed E-state index contributed by atoms with van der Waals surface area (Å²) in [7, 11) is 0. The van der Waals surface area contributed by atoms with Gasteiger partial charge in [-0.05, 0) is 65.2 Å². The zero-order valence-corrected chi connectivity index (χ0v) is 20.2. The van der Waals surface area contributed by atoms with Crippen LogP contribution in [0, 0.1) is 0 Å². The number of halogens is 3. The molecule has 0 radical (unpaired) electrons. The number of likely N-dealkylation sites (tertiary alicyclic amines) is 1. The van der Waals surface area contributed by atoms with E-state index in [-0.39, 0.29) is 24.4 Å². The van der Waals surface area contributed by atoms with E-state index in [1.807, 2.05) is 0 Å². The molecule has 0 aromatic heterocycles. The van der Waals surface area contributed by atoms with Gasteiger partial charge in [0.1, 0.15) is 18.2 Å². The highest BCUT2D eigenvalue weighted by molar-refractivity contribution is 5.95. The first-order valence-corrected chi connectivity index (χ1v) is 11.5. The highest BCUT2D eigenvalue weighted by Gasteiger charge is 2.43. The van der Waals surface area contributed by atoms with Gasteiger partial charge >= 0.3 is 12.3 Å². The molecule has 3 rings (SSSR count). The number of carbonyl (C=O) groups excluding carboxylic acids is 3. The van der Waals surface area contributed by atoms with E-state index >= 15 is 0 Å². The predicted molar refractivity (Wildman–Crippen MR) is 119 cm³/mol. The van der Waals surface area contributed by atoms with Gasteiger partial charge in [-0.25, -0.2) is 4.79 Å². The minimum Gasteiger partial charge on any atom is -0.444 e. The fourth-order valence-corrected chi connectivity index (χ4v) is 4.54. The van der Waals surface area contributed by atoms with E-state index in [9.17, 15) is 27.6 Å². The Bertz CT molecular complexity index is 919. The van der Waals surface area contributed by atoms with Gasteiger partial charge in [0.05, 0.1) is 11.6 Å². The molecule has 0 bridgehead atoms. The fourth-order valence-electron chi connectivity index (χ4n) is 4.54. The van der Waals surface area contributed by atoms with Crippen LogP contribution in [0.2, 0.25) is 0 Å². The molecule has 1 aromatic carbocycles. The topological polar surface area (TPSA) is 70.2 Å². The number of nitrogens with zero attached hydrogens (tertiary/aromatic N) is 3. The SMILES string of the molecule is C[C@H]1C(=O)N(C2CCN(C(=O)OC(C)(C)C)CC2)CC(=O)N1[C@@H](C)c1ccc(C(F)(F)F)cc1. The normalized spacial score (nSPS) is 21.6. The molecule has 2 heterocycles. The van der Waals surface area contributed by atoms with E-state index in [4.69, 9.17) is 4.74 Å². The predicted octanol–water partition coefficient (Wildman–Crippen LogP) is 4.23. The standard InChI is InChI=1S/C24H32F3N3O4/c1-15(17-6-8-18(9-7-17)24(25,26)27)30-16(2)21(32)29(14-20(30)31)19-10-12-28(13-11-19)22(33)34-23(3,4)5/h6-9,15-16,19H,10-14H2,1-5H3/t15-,16-/m0/s1. The summed E-state index contributed by atoms with van der Waals surface area (Å²) < 4.78 is 44.0. The summed E-state index contributed by atoms with van der Waals surface area (Å²) >= 11 is 0. The van der Waals surface area contributed by atoms with Crippen LogP contribution in [-0.4, -0.2) is 69.9 Å². The highest BCUT2D eigenvalue weighted by Crippen LogP contribution is 2.33. The second-order valence-electron chi connectivity index (χ2n) is 9.94. The largest absolute Gasteiger partial charge is 0.444 e. The molecule has 2 saturated heterocycles. The number of ether oxygens (including phenoxy) is 1. The first-order chi connectivity index (χ1) is 15.7. The van der Waals surface area contributed by atoms with E-state index < -0.39 is 35.5 Å². The highest BCUT2D eigenvalue weighted by atomic mass is 19.4. The van der Waals surface area contributed by atoms with Crippen LogP contribution < -0.4 is 0 Å². The maximum atomic E-state index is 13.2. The van der Waals surface area contributed by atoms with Crippen LogP contribution >= 0.6 is 0 Å². The Kier molecular flexibility index (Phi) is 7.19. The zero-order valence-electron chi connectivity index (χ0n) is 20.2. The van der Waals surface area contributed by atoms with Gasteiger partial charge in [-0.15, -0.1) is 0 Å². The summed E-state index contributed by atoms with van der Waals surface area (Å²) in [5, 5.41) is 0. The van der Waals surface area contributed by atoms with Crippen molar-refractivity contribution < 1.29 is 32.3 Å². The Morgan fingerprint density at radius 1 is 1.06 bits per heavy atom. The lowest BCUT2D eigenvalue weighted by atomic mass is 9.97. The van der Waals surface area contributed by atoms with Crippen molar-refractivity contribution in [2.75, 3.05) is 19.6 Å². The zero-order chi connectivity index (χ0) is 25.4. The number of amides is 3. The summed E-state index contributed by atoms with van der Waals surface area (Å²) in [6.07, 6.45) is -3.75. The number of alkyl halides is 3. The third-order valence-corrected chi connectivity index (χ3v) is 6.35. The molecular weight excluding hydrogens is 451 g/mol. The second kappa shape index (κ2) is 9.46. The van der Waals surface area contributed by atoms with Crippen LogP contribution in [0.5, 0.6) is 0 Å². The third-order valence-electron chi connectivity index (χ3n) is 6.35. The molecule has 2 atom stereocenters. The van der Waals surface area contributed by atoms with Crippen molar-refractivity contribution in [3.05, 3.63) is 35.4 Å². The monoisotopic (exact) mass is 483 g/mol. The molecule has 0 N–H and O–H groups in total. The minimum atomic E-state index is -4.44. The fraction of sp³-hybridized carbons (Fsp3) is 0.625. The van der Waals surface area contributed by atoms with Crippen LogP contribution in [0.3, 0.4) is 0 Å². The Morgan fingerprint density at radius 2 is 1.62 bits per heavy atom. The molecule has 34 heavy (non-hydrogen) atoms. The third kappa shape index (κ3) is 5.64. The summed E-state index contributed by atoms with van der Waals surface area (Å²) in [6.45, 7) is 9.51. The van der Waals surface area contributed by atoms with Crippen molar-refractivity contribution in [3.63, 3.8) is 0 Å². The number of hydrogen-bond donors (Lipinski definition) is 0. The smallest absolute Gasteiger partial charge is 0.416 e. The van der Waals surface area contributed by atoms with Crippen LogP contribution in [0.1, 0.15) is 64.6 Å². The van der Waals surface area contributed by atoms with Crippen molar-refractivity contribution in [2.24, 2.45) is 0 Å². The van der Waals surface area contributed by atoms with E-state index in [0.29, 0.717) is 31.5 Å². The molecule has 10 heteroatoms. The number of benzene rings is 1. The number of carbonyl (C=O) groups is 3. The van der Waals surface area contributed by atoms with Crippen LogP contribution in [0.4, 0.5) is 18.0 Å². The molecule has 1 aromatic rings. The Morgan fingerprint density at radius 3 is 2.12 bits per heavy atom. The summed E-state index contributed by atoms with van der Waals surface area (Å²) in [6, 6.07) is 3.19. The first kappa shape index (κ1) is 25.8. The molecule has 2 aliphatic heterocycles. The van der Waals surface area contributed by atoms with Crippen LogP contribution in [-0.2, 0) is 20.5 Å². The molecule has 0 aliphatic carbocycles. The van der Waals surface area contributed by atoms with Crippen molar-refractivity contribution in [2.45, 2.75) is 77.4 Å². The van der Waals surface area contributed by atoms with Crippen LogP contribution in [0.25, 0.3) is 0 Å². The quantitative estimate of drug-likeness (QED) is 0.646. The van der Waals surface area contributed by atoms with E-state index in [1.54, 1.807) is 44.4 Å². The molecule has 3 amide bonds. The van der Waals surface area contributed by atoms with Gasteiger partial charge in [-0.3, -0.25) is 9.59 Å². The average molecular weight is 484 g/mol. The van der Waals surface area contributed by atoms with Crippen molar-refractivity contribution in [1.82, 2.24) is 14.7 Å². The van der Waals surface area contributed by atoms with Crippen molar-refractivity contribution in [1.29, 1.82) is 0 Å². The van der Waals surface area contributed by atoms with Crippen LogP contribution in [0.15, 0.2) is 24.3 Å². The van der Waals surface area contributed by atoms with E-state index in [0.717, 1.165) is 12.1 Å². The molecule has 0 saturated carbocycles. The molecule has 2 fully saturated rings. The van der Waals surface area contributed by atoms with Gasteiger partial charge in [0.15, 0.2) is 0 Å². The minimum absolute atomic E-state index is 0.0920. The Hall–Kier alpha value is -2.78. The molecule has 0 unspecified atom stereocenters. The van der Waals surface area contributed by atoms with Gasteiger partial charge in [0, 0.05) is 19.1 Å². The van der Waals surface area contributed by atoms with E-state index in [2.05, 4.69) is 0 Å². The molecule has 0 spiro atoms. The van der Waals surface area contributed by atoms with Crippen molar-refractivity contribution in [3.8, 4) is 0 Å². The lowest BCUT2D eigenvalue weighted by Crippen LogP contribution is -2.62. The Labute approximate surface area is 197 Å². The van der Waals surface area contributed by atoms with Gasteiger partial charge in [0.2, 0.25) is 11.8 Å². The summed E-state index contributed by atoms with van der Waals surface area (Å²) in [5.41, 5.74) is -0.826. The average Bonchev–Trinajstić information content (AvgIpc) is 2.74. The number of piperazine rings is 1. The molecule has 7 nitrogen and oxygen atoms in total. The van der Waals surface area contributed by atoms with Gasteiger partial charge < -0.3 is 19.4 Å². The number of piperidine rings is 1. The summed E-state index contributed by atoms with van der Waals surface area (Å²) in [5.74, 6) is -0.455. The van der Waals surface area contributed by atoms with Gasteiger partial charge in [0.25, 0.3) is 0 Å². The molecule has 2 aliphatic rings. The van der Waals surface area contributed by atoms with Gasteiger partial charge in [-0.2, -0.15) is 13.2 Å². The lowest BCUT2D eigenvalue weighted by Gasteiger charge is -2.46. The van der Waals surface area contributed by atoms with Crippen molar-refractivity contribution >= 4 is 17.9 Å². The lowest BCUT2D eigenvalue weighted by molar-refractivity contribution is -0.160. The maximum Gasteiger partial charge on any atom is 0.416 e. The maximum absolute atomic E-state index is 13.2. The molecular formula is C24H32F3N3O4. The number of rotatable bonds is 3. The Balaban J connectivity index is 1.64. The van der Waals surface area contributed by atoms with E-state index in [1.165, 1.54) is 17.0 Å². The van der Waals surface area contributed by atoms with Gasteiger partial charge in [-0.1, -0.05) is 12.1 Å². The first-order valence-electron chi connectivity index (χ1n) is 11.5. The number of hydrogen-bond acceptors (Lipinski definition) is 4. The molecule has 188 valence electrons. The second-order valence-corrected chi connectivity index (χ2v) is 9.94. The summed E-state index contributed by atoms with van der Waals surface area (Å²) in [4.78, 5) is 43.1.